The van der Waals surface area contributed by atoms with E-state index in [-0.39, 0.29) is 23.9 Å². The average Bonchev–Trinajstić information content (AvgIpc) is 2.95. The van der Waals surface area contributed by atoms with E-state index in [1.54, 1.807) is 13.3 Å². The molecule has 3 N–H and O–H groups in total. The molecule has 0 radical (unpaired) electrons. The minimum Gasteiger partial charge on any atom is -0.352 e. The molecule has 21 heavy (non-hydrogen) atoms. The Bertz CT molecular complexity index is 533. The Morgan fingerprint density at radius 1 is 1.38 bits per heavy atom. The standard InChI is InChI=1S/C14H21N5O2/c1-9(20)19-4-2-10(3-5-19)18-14(21)12-6-11-13(7-15-12)17-8-16-11/h8,10,12,15H,2-7H2,1H3,(H,16,17)(H,18,21). The normalized spacial score (nSPS) is 22.7. The zero-order valence-electron chi connectivity index (χ0n) is 12.2. The highest BCUT2D eigenvalue weighted by molar-refractivity contribution is 5.82. The van der Waals surface area contributed by atoms with Crippen LogP contribution in [0.2, 0.25) is 0 Å². The summed E-state index contributed by atoms with van der Waals surface area (Å²) in [6.45, 7) is 3.69. The van der Waals surface area contributed by atoms with Gasteiger partial charge in [0.25, 0.3) is 0 Å². The quantitative estimate of drug-likeness (QED) is 0.688. The molecule has 7 heteroatoms. The monoisotopic (exact) mass is 291 g/mol. The summed E-state index contributed by atoms with van der Waals surface area (Å²) in [7, 11) is 0. The third-order valence-corrected chi connectivity index (χ3v) is 4.33. The summed E-state index contributed by atoms with van der Waals surface area (Å²) >= 11 is 0. The zero-order valence-corrected chi connectivity index (χ0v) is 12.2. The minimum absolute atomic E-state index is 0.0323. The molecule has 1 aromatic heterocycles. The Balaban J connectivity index is 1.50. The van der Waals surface area contributed by atoms with Crippen molar-refractivity contribution in [2.24, 2.45) is 0 Å². The van der Waals surface area contributed by atoms with E-state index in [0.29, 0.717) is 13.0 Å². The van der Waals surface area contributed by atoms with Crippen LogP contribution in [0.15, 0.2) is 6.33 Å². The van der Waals surface area contributed by atoms with Gasteiger partial charge in [-0.1, -0.05) is 0 Å². The van der Waals surface area contributed by atoms with Crippen LogP contribution in [-0.2, 0) is 22.6 Å². The van der Waals surface area contributed by atoms with Crippen LogP contribution < -0.4 is 10.6 Å². The molecule has 0 aromatic carbocycles. The van der Waals surface area contributed by atoms with Gasteiger partial charge in [0.15, 0.2) is 0 Å². The number of hydrogen-bond acceptors (Lipinski definition) is 4. The zero-order chi connectivity index (χ0) is 14.8. The van der Waals surface area contributed by atoms with Gasteiger partial charge in [0, 0.05) is 39.0 Å². The molecule has 1 saturated heterocycles. The van der Waals surface area contributed by atoms with Gasteiger partial charge in [-0.15, -0.1) is 0 Å². The minimum atomic E-state index is -0.216. The number of aromatic amines is 1. The smallest absolute Gasteiger partial charge is 0.237 e. The molecule has 2 amide bonds. The average molecular weight is 291 g/mol. The number of aromatic nitrogens is 2. The van der Waals surface area contributed by atoms with Gasteiger partial charge >= 0.3 is 0 Å². The van der Waals surface area contributed by atoms with Gasteiger partial charge in [-0.3, -0.25) is 14.9 Å². The van der Waals surface area contributed by atoms with Gasteiger partial charge < -0.3 is 15.2 Å². The van der Waals surface area contributed by atoms with Crippen molar-refractivity contribution in [3.05, 3.63) is 17.7 Å². The lowest BCUT2D eigenvalue weighted by Gasteiger charge is -2.33. The molecule has 3 heterocycles. The maximum atomic E-state index is 12.3. The molecule has 0 saturated carbocycles. The Morgan fingerprint density at radius 2 is 2.14 bits per heavy atom. The summed E-state index contributed by atoms with van der Waals surface area (Å²) in [5.74, 6) is 0.143. The maximum Gasteiger partial charge on any atom is 0.237 e. The van der Waals surface area contributed by atoms with Crippen LogP contribution in [0.5, 0.6) is 0 Å². The lowest BCUT2D eigenvalue weighted by atomic mass is 10.0. The highest BCUT2D eigenvalue weighted by Crippen LogP contribution is 2.14. The number of hydrogen-bond donors (Lipinski definition) is 3. The van der Waals surface area contributed by atoms with Crippen LogP contribution in [0.4, 0.5) is 0 Å². The fourth-order valence-electron chi connectivity index (χ4n) is 2.99. The molecule has 0 aliphatic carbocycles. The predicted octanol–water partition coefficient (Wildman–Crippen LogP) is -0.449. The van der Waals surface area contributed by atoms with Gasteiger partial charge in [-0.2, -0.15) is 0 Å². The number of nitrogens with one attached hydrogen (secondary N) is 3. The molecule has 2 aliphatic heterocycles. The van der Waals surface area contributed by atoms with Crippen molar-refractivity contribution in [2.75, 3.05) is 13.1 Å². The van der Waals surface area contributed by atoms with Gasteiger partial charge in [-0.05, 0) is 12.8 Å². The molecule has 2 aliphatic rings. The summed E-state index contributed by atoms with van der Waals surface area (Å²) in [6, 6.07) is -0.0536. The summed E-state index contributed by atoms with van der Waals surface area (Å²) in [6.07, 6.45) is 3.94. The summed E-state index contributed by atoms with van der Waals surface area (Å²) in [5.41, 5.74) is 2.04. The Kier molecular flexibility index (Phi) is 3.92. The first-order valence-electron chi connectivity index (χ1n) is 7.44. The molecule has 114 valence electrons. The molecule has 7 nitrogen and oxygen atoms in total. The van der Waals surface area contributed by atoms with Crippen molar-refractivity contribution in [1.82, 2.24) is 25.5 Å². The van der Waals surface area contributed by atoms with E-state index in [2.05, 4.69) is 20.6 Å². The van der Waals surface area contributed by atoms with Crippen LogP contribution >= 0.6 is 0 Å². The Morgan fingerprint density at radius 3 is 2.86 bits per heavy atom. The molecule has 0 bridgehead atoms. The lowest BCUT2D eigenvalue weighted by Crippen LogP contribution is -2.53. The van der Waals surface area contributed by atoms with E-state index in [1.807, 2.05) is 4.90 Å². The van der Waals surface area contributed by atoms with Crippen LogP contribution in [0, 0.1) is 0 Å². The van der Waals surface area contributed by atoms with Crippen molar-refractivity contribution < 1.29 is 9.59 Å². The second kappa shape index (κ2) is 5.85. The fourth-order valence-corrected chi connectivity index (χ4v) is 2.99. The van der Waals surface area contributed by atoms with Gasteiger partial charge in [0.2, 0.25) is 11.8 Å². The fraction of sp³-hybridized carbons (Fsp3) is 0.643. The van der Waals surface area contributed by atoms with Crippen molar-refractivity contribution >= 4 is 11.8 Å². The number of carbonyl (C=O) groups is 2. The molecule has 1 unspecified atom stereocenters. The van der Waals surface area contributed by atoms with Gasteiger partial charge in [0.1, 0.15) is 0 Å². The number of likely N-dealkylation sites (tertiary alicyclic amines) is 1. The number of amides is 2. The first kappa shape index (κ1) is 14.1. The van der Waals surface area contributed by atoms with Crippen LogP contribution in [0.1, 0.15) is 31.2 Å². The molecular weight excluding hydrogens is 270 g/mol. The third kappa shape index (κ3) is 3.07. The van der Waals surface area contributed by atoms with E-state index >= 15 is 0 Å². The van der Waals surface area contributed by atoms with Crippen molar-refractivity contribution in [1.29, 1.82) is 0 Å². The Hall–Kier alpha value is -1.89. The second-order valence-corrected chi connectivity index (χ2v) is 5.75. The van der Waals surface area contributed by atoms with E-state index < -0.39 is 0 Å². The third-order valence-electron chi connectivity index (χ3n) is 4.33. The van der Waals surface area contributed by atoms with E-state index in [4.69, 9.17) is 0 Å². The number of imidazole rings is 1. The van der Waals surface area contributed by atoms with Crippen molar-refractivity contribution in [2.45, 2.75) is 44.8 Å². The number of carbonyl (C=O) groups excluding carboxylic acids is 2. The molecular formula is C14H21N5O2. The molecule has 3 rings (SSSR count). The SMILES string of the molecule is CC(=O)N1CCC(NC(=O)C2Cc3nc[nH]c3CN2)CC1. The van der Waals surface area contributed by atoms with Crippen LogP contribution in [0.25, 0.3) is 0 Å². The number of nitrogens with zero attached hydrogens (tertiary/aromatic N) is 2. The summed E-state index contributed by atoms with van der Waals surface area (Å²) in [4.78, 5) is 32.8. The highest BCUT2D eigenvalue weighted by Gasteiger charge is 2.28. The topological polar surface area (TPSA) is 90.1 Å². The van der Waals surface area contributed by atoms with E-state index in [0.717, 1.165) is 37.3 Å². The van der Waals surface area contributed by atoms with E-state index in [9.17, 15) is 9.59 Å². The number of fused-ring (bicyclic) bond motifs is 1. The van der Waals surface area contributed by atoms with Crippen LogP contribution in [-0.4, -0.2) is 51.9 Å². The lowest BCUT2D eigenvalue weighted by molar-refractivity contribution is -0.130. The number of H-pyrrole nitrogens is 1. The predicted molar refractivity (Wildman–Crippen MR) is 76.3 cm³/mol. The largest absolute Gasteiger partial charge is 0.352 e. The Labute approximate surface area is 123 Å². The van der Waals surface area contributed by atoms with Gasteiger partial charge in [0.05, 0.1) is 23.8 Å². The van der Waals surface area contributed by atoms with Crippen molar-refractivity contribution in [3.8, 4) is 0 Å². The first-order chi connectivity index (χ1) is 10.1. The number of piperidine rings is 1. The van der Waals surface area contributed by atoms with Crippen molar-refractivity contribution in [3.63, 3.8) is 0 Å². The maximum absolute atomic E-state index is 12.3. The van der Waals surface area contributed by atoms with E-state index in [1.165, 1.54) is 0 Å². The summed E-state index contributed by atoms with van der Waals surface area (Å²) < 4.78 is 0. The number of rotatable bonds is 2. The summed E-state index contributed by atoms with van der Waals surface area (Å²) in [5, 5.41) is 6.32. The van der Waals surface area contributed by atoms with Gasteiger partial charge in [-0.25, -0.2) is 4.98 Å². The molecule has 1 atom stereocenters. The molecule has 1 aromatic rings. The first-order valence-corrected chi connectivity index (χ1v) is 7.44. The molecule has 0 spiro atoms. The highest BCUT2D eigenvalue weighted by atomic mass is 16.2. The molecule has 1 fully saturated rings. The second-order valence-electron chi connectivity index (χ2n) is 5.75. The van der Waals surface area contributed by atoms with Crippen LogP contribution in [0.3, 0.4) is 0 Å².